The van der Waals surface area contributed by atoms with Crippen LogP contribution in [0.3, 0.4) is 0 Å². The van der Waals surface area contributed by atoms with Crippen molar-refractivity contribution in [1.82, 2.24) is 24.4 Å². The normalized spacial score (nSPS) is 18.2. The number of hydrogen-bond donors (Lipinski definition) is 0. The molecule has 4 heterocycles. The Balaban J connectivity index is 1.56. The molecule has 1 atom stereocenters. The number of rotatable bonds is 4. The van der Waals surface area contributed by atoms with Gasteiger partial charge in [0.25, 0.3) is 0 Å². The molecule has 0 N–H and O–H groups in total. The summed E-state index contributed by atoms with van der Waals surface area (Å²) in [6, 6.07) is 5.72. The summed E-state index contributed by atoms with van der Waals surface area (Å²) in [6.45, 7) is 4.77. The summed E-state index contributed by atoms with van der Waals surface area (Å²) in [5, 5.41) is 4.18. The van der Waals surface area contributed by atoms with E-state index in [1.54, 1.807) is 0 Å². The van der Waals surface area contributed by atoms with E-state index in [4.69, 9.17) is 4.52 Å². The highest BCUT2D eigenvalue weighted by Crippen LogP contribution is 2.30. The highest BCUT2D eigenvalue weighted by atomic mass is 16.5. The third-order valence-electron chi connectivity index (χ3n) is 5.07. The minimum atomic E-state index is -0.117. The standard InChI is InChI=1S/C20H25N5O2/c1-14(2)20-22-19(23-27-20)16-8-4-3-6-11-25(16)18(26)12-15-13-24-10-7-5-9-17(24)21-15/h5,7,9-10,13-14,16H,3-4,6,8,11-12H2,1-2H3/t16-/m0/s1. The fourth-order valence-corrected chi connectivity index (χ4v) is 3.62. The Morgan fingerprint density at radius 2 is 2.15 bits per heavy atom. The molecule has 0 aliphatic carbocycles. The number of carbonyl (C=O) groups is 1. The molecule has 4 rings (SSSR count). The van der Waals surface area contributed by atoms with Gasteiger partial charge in [0.2, 0.25) is 11.8 Å². The lowest BCUT2D eigenvalue weighted by Gasteiger charge is -2.27. The summed E-state index contributed by atoms with van der Waals surface area (Å²) in [5.74, 6) is 1.51. The van der Waals surface area contributed by atoms with Gasteiger partial charge in [-0.1, -0.05) is 37.9 Å². The number of carbonyl (C=O) groups excluding carboxylic acids is 1. The molecule has 1 amide bonds. The zero-order valence-electron chi connectivity index (χ0n) is 15.8. The summed E-state index contributed by atoms with van der Waals surface area (Å²) >= 11 is 0. The van der Waals surface area contributed by atoms with Crippen molar-refractivity contribution in [2.45, 2.75) is 57.9 Å². The van der Waals surface area contributed by atoms with Crippen LogP contribution in [0, 0.1) is 0 Å². The second-order valence-corrected chi connectivity index (χ2v) is 7.47. The third kappa shape index (κ3) is 3.72. The van der Waals surface area contributed by atoms with E-state index in [0.29, 0.717) is 11.7 Å². The lowest BCUT2D eigenvalue weighted by Crippen LogP contribution is -2.36. The summed E-state index contributed by atoms with van der Waals surface area (Å²) in [6.07, 6.45) is 8.20. The molecule has 0 saturated carbocycles. The molecule has 3 aromatic heterocycles. The van der Waals surface area contributed by atoms with Crippen molar-refractivity contribution in [3.8, 4) is 0 Å². The molecule has 0 bridgehead atoms. The van der Waals surface area contributed by atoms with Crippen LogP contribution >= 0.6 is 0 Å². The summed E-state index contributed by atoms with van der Waals surface area (Å²) in [7, 11) is 0. The van der Waals surface area contributed by atoms with Gasteiger partial charge in [-0.2, -0.15) is 4.98 Å². The smallest absolute Gasteiger partial charge is 0.229 e. The van der Waals surface area contributed by atoms with Crippen molar-refractivity contribution in [2.24, 2.45) is 0 Å². The van der Waals surface area contributed by atoms with Crippen molar-refractivity contribution in [1.29, 1.82) is 0 Å². The second kappa shape index (κ2) is 7.50. The van der Waals surface area contributed by atoms with E-state index >= 15 is 0 Å². The molecule has 1 fully saturated rings. The Kier molecular flexibility index (Phi) is 4.92. The average molecular weight is 367 g/mol. The molecule has 7 heteroatoms. The van der Waals surface area contributed by atoms with Crippen LogP contribution in [0.4, 0.5) is 0 Å². The molecule has 1 saturated heterocycles. The Labute approximate surface area is 158 Å². The average Bonchev–Trinajstić information content (AvgIpc) is 3.22. The minimum Gasteiger partial charge on any atom is -0.339 e. The first-order chi connectivity index (χ1) is 13.1. The molecule has 0 unspecified atom stereocenters. The Hall–Kier alpha value is -2.70. The molecule has 0 radical (unpaired) electrons. The maximum Gasteiger partial charge on any atom is 0.229 e. The summed E-state index contributed by atoms with van der Waals surface area (Å²) < 4.78 is 7.33. The zero-order chi connectivity index (χ0) is 18.8. The SMILES string of the molecule is CC(C)c1nc([C@@H]2CCCCCN2C(=O)Cc2cn3ccccc3n2)no1. The quantitative estimate of drug-likeness (QED) is 0.705. The fourth-order valence-electron chi connectivity index (χ4n) is 3.62. The number of pyridine rings is 1. The number of likely N-dealkylation sites (tertiary alicyclic amines) is 1. The monoisotopic (exact) mass is 367 g/mol. The molecule has 0 spiro atoms. The lowest BCUT2D eigenvalue weighted by atomic mass is 10.1. The molecule has 27 heavy (non-hydrogen) atoms. The van der Waals surface area contributed by atoms with Gasteiger partial charge in [0, 0.05) is 24.9 Å². The van der Waals surface area contributed by atoms with E-state index in [2.05, 4.69) is 15.1 Å². The molecular weight excluding hydrogens is 342 g/mol. The third-order valence-corrected chi connectivity index (χ3v) is 5.07. The van der Waals surface area contributed by atoms with Crippen LogP contribution in [0.25, 0.3) is 5.65 Å². The Morgan fingerprint density at radius 1 is 1.26 bits per heavy atom. The van der Waals surface area contributed by atoms with Crippen molar-refractivity contribution in [3.05, 3.63) is 48.0 Å². The van der Waals surface area contributed by atoms with E-state index in [0.717, 1.165) is 43.6 Å². The number of fused-ring (bicyclic) bond motifs is 1. The number of hydrogen-bond acceptors (Lipinski definition) is 5. The first kappa shape index (κ1) is 17.7. The number of nitrogens with zero attached hydrogens (tertiary/aromatic N) is 5. The van der Waals surface area contributed by atoms with Crippen LogP contribution in [0.2, 0.25) is 0 Å². The minimum absolute atomic E-state index is 0.0706. The van der Waals surface area contributed by atoms with Gasteiger partial charge in [-0.3, -0.25) is 4.79 Å². The summed E-state index contributed by atoms with van der Waals surface area (Å²) in [5.41, 5.74) is 1.64. The predicted molar refractivity (Wildman–Crippen MR) is 100 cm³/mol. The van der Waals surface area contributed by atoms with Crippen LogP contribution < -0.4 is 0 Å². The van der Waals surface area contributed by atoms with E-state index in [-0.39, 0.29) is 24.3 Å². The highest BCUT2D eigenvalue weighted by molar-refractivity contribution is 5.79. The zero-order valence-corrected chi connectivity index (χ0v) is 15.8. The van der Waals surface area contributed by atoms with Crippen molar-refractivity contribution in [2.75, 3.05) is 6.54 Å². The predicted octanol–water partition coefficient (Wildman–Crippen LogP) is 3.53. The maximum absolute atomic E-state index is 13.1. The second-order valence-electron chi connectivity index (χ2n) is 7.47. The van der Waals surface area contributed by atoms with E-state index in [9.17, 15) is 4.79 Å². The topological polar surface area (TPSA) is 76.5 Å². The van der Waals surface area contributed by atoms with Crippen molar-refractivity contribution < 1.29 is 9.32 Å². The number of amides is 1. The molecule has 1 aliphatic rings. The van der Waals surface area contributed by atoms with Gasteiger partial charge in [-0.15, -0.1) is 0 Å². The van der Waals surface area contributed by atoms with Gasteiger partial charge >= 0.3 is 0 Å². The molecule has 1 aliphatic heterocycles. The van der Waals surface area contributed by atoms with Gasteiger partial charge < -0.3 is 13.8 Å². The van der Waals surface area contributed by atoms with Gasteiger partial charge in [0.15, 0.2) is 5.82 Å². The van der Waals surface area contributed by atoms with Crippen molar-refractivity contribution in [3.63, 3.8) is 0 Å². The first-order valence-corrected chi connectivity index (χ1v) is 9.67. The molecule has 0 aromatic carbocycles. The van der Waals surface area contributed by atoms with Crippen LogP contribution in [0.15, 0.2) is 35.1 Å². The Bertz CT molecular complexity index is 896. The van der Waals surface area contributed by atoms with Crippen molar-refractivity contribution >= 4 is 11.6 Å². The van der Waals surface area contributed by atoms with Crippen LogP contribution in [-0.2, 0) is 11.2 Å². The molecular formula is C20H25N5O2. The summed E-state index contributed by atoms with van der Waals surface area (Å²) in [4.78, 5) is 24.2. The number of aromatic nitrogens is 4. The van der Waals surface area contributed by atoms with Gasteiger partial charge in [-0.25, -0.2) is 4.98 Å². The van der Waals surface area contributed by atoms with Crippen LogP contribution in [0.5, 0.6) is 0 Å². The largest absolute Gasteiger partial charge is 0.339 e. The maximum atomic E-state index is 13.1. The molecule has 142 valence electrons. The van der Waals surface area contributed by atoms with E-state index in [1.165, 1.54) is 0 Å². The number of imidazole rings is 1. The van der Waals surface area contributed by atoms with Gasteiger partial charge in [0.05, 0.1) is 18.2 Å². The van der Waals surface area contributed by atoms with Crippen LogP contribution in [-0.4, -0.2) is 36.9 Å². The lowest BCUT2D eigenvalue weighted by molar-refractivity contribution is -0.133. The van der Waals surface area contributed by atoms with Gasteiger partial charge in [0.1, 0.15) is 5.65 Å². The van der Waals surface area contributed by atoms with Gasteiger partial charge in [-0.05, 0) is 25.0 Å². The van der Waals surface area contributed by atoms with Crippen LogP contribution in [0.1, 0.15) is 68.9 Å². The van der Waals surface area contributed by atoms with E-state index in [1.807, 2.05) is 53.7 Å². The highest BCUT2D eigenvalue weighted by Gasteiger charge is 2.31. The molecule has 3 aromatic rings. The fraction of sp³-hybridized carbons (Fsp3) is 0.500. The Morgan fingerprint density at radius 3 is 2.93 bits per heavy atom. The first-order valence-electron chi connectivity index (χ1n) is 9.67. The molecule has 7 nitrogen and oxygen atoms in total. The van der Waals surface area contributed by atoms with E-state index < -0.39 is 0 Å².